The highest BCUT2D eigenvalue weighted by molar-refractivity contribution is 5.51. The summed E-state index contributed by atoms with van der Waals surface area (Å²) in [7, 11) is 0. The van der Waals surface area contributed by atoms with E-state index in [1.807, 2.05) is 0 Å². The predicted octanol–water partition coefficient (Wildman–Crippen LogP) is 4.48. The minimum Gasteiger partial charge on any atom is -0.261 e. The maximum atomic E-state index is 2.72. The molecule has 2 fully saturated rings. The van der Waals surface area contributed by atoms with Crippen LogP contribution in [0.2, 0.25) is 0 Å². The summed E-state index contributed by atoms with van der Waals surface area (Å²) >= 11 is 0. The van der Waals surface area contributed by atoms with E-state index in [1.54, 1.807) is 0 Å². The molecular weight excluding hydrogens is 280 g/mol. The fourth-order valence-electron chi connectivity index (χ4n) is 6.71. The molecule has 1 heterocycles. The van der Waals surface area contributed by atoms with Crippen molar-refractivity contribution in [2.45, 2.75) is 79.3 Å². The van der Waals surface area contributed by atoms with Crippen molar-refractivity contribution in [1.29, 1.82) is 0 Å². The molecule has 2 aliphatic carbocycles. The minimum absolute atomic E-state index is 0.768. The van der Waals surface area contributed by atoms with Crippen molar-refractivity contribution in [3.63, 3.8) is 0 Å². The van der Waals surface area contributed by atoms with E-state index in [-0.39, 0.29) is 0 Å². The molecule has 2 saturated carbocycles. The van der Waals surface area contributed by atoms with E-state index in [2.05, 4.69) is 57.4 Å². The van der Waals surface area contributed by atoms with Gasteiger partial charge in [0.25, 0.3) is 0 Å². The summed E-state index contributed by atoms with van der Waals surface area (Å²) in [5.74, 6) is 5.18. The standard InChI is InChI=1S/C21H39N2/c1-14-9-16(3)20(17(4)10-14)22-7-8-23(13-22)21-18(5)11-15(2)12-19(21)6/h13-21H,7-12H2,1-6H3/q+1/t14?,15?,16-,17?,18+,19?,20?,21?. The van der Waals surface area contributed by atoms with Gasteiger partial charge in [0.05, 0.1) is 0 Å². The average molecular weight is 320 g/mol. The van der Waals surface area contributed by atoms with Gasteiger partial charge in [-0.05, 0) is 61.2 Å². The molecule has 0 amide bonds. The Bertz CT molecular complexity index is 419. The van der Waals surface area contributed by atoms with Crippen molar-refractivity contribution in [3.8, 4) is 0 Å². The molecule has 0 bridgehead atoms. The van der Waals surface area contributed by atoms with Gasteiger partial charge in [-0.25, -0.2) is 0 Å². The van der Waals surface area contributed by atoms with Crippen LogP contribution in [0.25, 0.3) is 0 Å². The van der Waals surface area contributed by atoms with Crippen LogP contribution in [0, 0.1) is 35.5 Å². The fraction of sp³-hybridized carbons (Fsp3) is 0.952. The molecule has 0 saturated heterocycles. The number of hydrogen-bond donors (Lipinski definition) is 0. The number of nitrogens with zero attached hydrogens (tertiary/aromatic N) is 2. The summed E-state index contributed by atoms with van der Waals surface area (Å²) in [5.41, 5.74) is 0. The number of rotatable bonds is 2. The molecule has 2 nitrogen and oxygen atoms in total. The van der Waals surface area contributed by atoms with E-state index in [1.165, 1.54) is 38.8 Å². The first kappa shape index (κ1) is 17.3. The molecule has 8 atom stereocenters. The van der Waals surface area contributed by atoms with Crippen molar-refractivity contribution in [1.82, 2.24) is 4.90 Å². The van der Waals surface area contributed by atoms with Crippen LogP contribution in [-0.4, -0.2) is 41.0 Å². The molecule has 0 radical (unpaired) electrons. The molecule has 0 aromatic rings. The summed E-state index contributed by atoms with van der Waals surface area (Å²) in [6.07, 6.45) is 8.18. The maximum Gasteiger partial charge on any atom is 0.234 e. The molecule has 132 valence electrons. The first-order valence-corrected chi connectivity index (χ1v) is 10.2. The average Bonchev–Trinajstić information content (AvgIpc) is 2.85. The van der Waals surface area contributed by atoms with Crippen molar-refractivity contribution in [2.75, 3.05) is 13.1 Å². The molecule has 0 spiro atoms. The van der Waals surface area contributed by atoms with Crippen LogP contribution in [-0.2, 0) is 0 Å². The van der Waals surface area contributed by atoms with Crippen molar-refractivity contribution < 1.29 is 4.58 Å². The Morgan fingerprint density at radius 1 is 0.739 bits per heavy atom. The van der Waals surface area contributed by atoms with E-state index < -0.39 is 0 Å². The molecule has 1 aliphatic heterocycles. The van der Waals surface area contributed by atoms with Crippen LogP contribution >= 0.6 is 0 Å². The molecule has 2 heteroatoms. The first-order chi connectivity index (χ1) is 10.9. The van der Waals surface area contributed by atoms with E-state index in [4.69, 9.17) is 0 Å². The second kappa shape index (κ2) is 6.76. The highest BCUT2D eigenvalue weighted by Gasteiger charge is 2.43. The Labute approximate surface area is 144 Å². The highest BCUT2D eigenvalue weighted by atomic mass is 15.3. The highest BCUT2D eigenvalue weighted by Crippen LogP contribution is 2.38. The van der Waals surface area contributed by atoms with E-state index in [0.29, 0.717) is 0 Å². The monoisotopic (exact) mass is 319 g/mol. The lowest BCUT2D eigenvalue weighted by molar-refractivity contribution is -0.573. The zero-order valence-corrected chi connectivity index (χ0v) is 16.3. The number of hydrogen-bond acceptors (Lipinski definition) is 1. The third kappa shape index (κ3) is 3.46. The Kier molecular flexibility index (Phi) is 5.09. The van der Waals surface area contributed by atoms with Gasteiger partial charge in [-0.1, -0.05) is 41.5 Å². The van der Waals surface area contributed by atoms with Gasteiger partial charge in [-0.2, -0.15) is 0 Å². The minimum atomic E-state index is 0.768. The van der Waals surface area contributed by atoms with Crippen LogP contribution in [0.4, 0.5) is 0 Å². The molecule has 3 rings (SSSR count). The summed E-state index contributed by atoms with van der Waals surface area (Å²) in [6.45, 7) is 17.3. The summed E-state index contributed by atoms with van der Waals surface area (Å²) in [4.78, 5) is 2.72. The normalized spacial score (nSPS) is 48.4. The zero-order valence-electron chi connectivity index (χ0n) is 16.3. The van der Waals surface area contributed by atoms with Crippen LogP contribution in [0.3, 0.4) is 0 Å². The Balaban J connectivity index is 1.73. The Morgan fingerprint density at radius 3 is 1.74 bits per heavy atom. The smallest absolute Gasteiger partial charge is 0.234 e. The van der Waals surface area contributed by atoms with Gasteiger partial charge in [0, 0.05) is 0 Å². The lowest BCUT2D eigenvalue weighted by Crippen LogP contribution is -2.46. The van der Waals surface area contributed by atoms with Crippen LogP contribution < -0.4 is 0 Å². The topological polar surface area (TPSA) is 6.25 Å². The van der Waals surface area contributed by atoms with E-state index >= 15 is 0 Å². The van der Waals surface area contributed by atoms with Gasteiger partial charge in [-0.15, -0.1) is 0 Å². The van der Waals surface area contributed by atoms with Crippen LogP contribution in [0.5, 0.6) is 0 Å². The van der Waals surface area contributed by atoms with Gasteiger partial charge in [0.1, 0.15) is 25.2 Å². The maximum absolute atomic E-state index is 2.72. The second-order valence-corrected chi connectivity index (χ2v) is 9.63. The molecule has 6 unspecified atom stereocenters. The lowest BCUT2D eigenvalue weighted by atomic mass is 9.73. The molecule has 23 heavy (non-hydrogen) atoms. The van der Waals surface area contributed by atoms with Gasteiger partial charge in [0.15, 0.2) is 0 Å². The molecule has 0 aromatic heterocycles. The molecule has 0 N–H and O–H groups in total. The predicted molar refractivity (Wildman–Crippen MR) is 98.9 cm³/mol. The molecule has 3 aliphatic rings. The van der Waals surface area contributed by atoms with Crippen LogP contribution in [0.15, 0.2) is 0 Å². The fourth-order valence-corrected chi connectivity index (χ4v) is 6.71. The largest absolute Gasteiger partial charge is 0.261 e. The Hall–Kier alpha value is -0.530. The van der Waals surface area contributed by atoms with Gasteiger partial charge in [0.2, 0.25) is 6.34 Å². The summed E-state index contributed by atoms with van der Waals surface area (Å²) in [5, 5.41) is 0. The second-order valence-electron chi connectivity index (χ2n) is 9.63. The summed E-state index contributed by atoms with van der Waals surface area (Å²) < 4.78 is 2.72. The molecular formula is C21H39N2+. The SMILES string of the molecule is CC1CC(C)C([N+]2=CN(C3C(C)CC(C)C[C@@H]3C)CC2)[C@H](C)C1. The Morgan fingerprint density at radius 2 is 1.22 bits per heavy atom. The quantitative estimate of drug-likeness (QED) is 0.680. The van der Waals surface area contributed by atoms with Crippen LogP contribution in [0.1, 0.15) is 67.2 Å². The van der Waals surface area contributed by atoms with Gasteiger partial charge >= 0.3 is 0 Å². The zero-order chi connectivity index (χ0) is 16.7. The van der Waals surface area contributed by atoms with Gasteiger partial charge in [-0.3, -0.25) is 9.48 Å². The molecule has 0 aromatic carbocycles. The van der Waals surface area contributed by atoms with Crippen molar-refractivity contribution in [2.24, 2.45) is 35.5 Å². The first-order valence-electron chi connectivity index (χ1n) is 10.2. The lowest BCUT2D eigenvalue weighted by Gasteiger charge is -2.39. The third-order valence-corrected chi connectivity index (χ3v) is 7.11. The van der Waals surface area contributed by atoms with Crippen molar-refractivity contribution >= 4 is 6.34 Å². The third-order valence-electron chi connectivity index (χ3n) is 7.11. The summed E-state index contributed by atoms with van der Waals surface area (Å²) in [6, 6.07) is 1.54. The van der Waals surface area contributed by atoms with E-state index in [9.17, 15) is 0 Å². The van der Waals surface area contributed by atoms with E-state index in [0.717, 1.165) is 47.6 Å². The van der Waals surface area contributed by atoms with Gasteiger partial charge < -0.3 is 0 Å². The van der Waals surface area contributed by atoms with Crippen molar-refractivity contribution in [3.05, 3.63) is 0 Å².